The minimum Gasteiger partial charge on any atom is -0.490 e. The van der Waals surface area contributed by atoms with Crippen molar-refractivity contribution in [2.45, 2.75) is 39.2 Å². The fraction of sp³-hybridized carbons (Fsp3) is 0.360. The molecule has 32 heavy (non-hydrogen) atoms. The van der Waals surface area contributed by atoms with Crippen molar-refractivity contribution in [1.29, 1.82) is 0 Å². The molecule has 1 aliphatic rings. The van der Waals surface area contributed by atoms with Crippen LogP contribution in [0.1, 0.15) is 32.3 Å². The predicted molar refractivity (Wildman–Crippen MR) is 120 cm³/mol. The van der Waals surface area contributed by atoms with E-state index in [1.165, 1.54) is 13.4 Å². The fourth-order valence-electron chi connectivity index (χ4n) is 3.71. The van der Waals surface area contributed by atoms with E-state index in [1.807, 2.05) is 19.1 Å². The number of hydrogen-bond donors (Lipinski definition) is 0. The van der Waals surface area contributed by atoms with Gasteiger partial charge in [0.25, 0.3) is 0 Å². The third kappa shape index (κ3) is 4.28. The van der Waals surface area contributed by atoms with Gasteiger partial charge >= 0.3 is 5.97 Å². The first kappa shape index (κ1) is 21.7. The first-order valence-electron chi connectivity index (χ1n) is 10.7. The molecule has 1 unspecified atom stereocenters. The Balaban J connectivity index is 1.77. The zero-order valence-electron chi connectivity index (χ0n) is 18.4. The van der Waals surface area contributed by atoms with Gasteiger partial charge < -0.3 is 23.4 Å². The Kier molecular flexibility index (Phi) is 6.35. The number of fused-ring (bicyclic) bond motifs is 2. The minimum absolute atomic E-state index is 0.148. The minimum atomic E-state index is -0.777. The van der Waals surface area contributed by atoms with Gasteiger partial charge in [0.15, 0.2) is 17.6 Å². The van der Waals surface area contributed by atoms with Gasteiger partial charge in [0.2, 0.25) is 5.43 Å². The molecule has 0 fully saturated rings. The van der Waals surface area contributed by atoms with Gasteiger partial charge in [-0.2, -0.15) is 0 Å². The molecule has 0 bridgehead atoms. The fourth-order valence-corrected chi connectivity index (χ4v) is 3.71. The van der Waals surface area contributed by atoms with Gasteiger partial charge in [-0.05, 0) is 42.7 Å². The van der Waals surface area contributed by atoms with Crippen LogP contribution >= 0.6 is 0 Å². The molecule has 0 spiro atoms. The monoisotopic (exact) mass is 438 g/mol. The summed E-state index contributed by atoms with van der Waals surface area (Å²) in [6, 6.07) is 8.90. The van der Waals surface area contributed by atoms with Crippen LogP contribution in [0.2, 0.25) is 0 Å². The molecule has 0 saturated carbocycles. The molecule has 1 aromatic heterocycles. The number of carbonyl (C=O) groups is 1. The van der Waals surface area contributed by atoms with Crippen LogP contribution in [-0.4, -0.2) is 32.4 Å². The molecule has 2 aromatic carbocycles. The molecule has 0 aliphatic carbocycles. The molecule has 7 heteroatoms. The summed E-state index contributed by atoms with van der Waals surface area (Å²) in [6.45, 7) is 4.82. The van der Waals surface area contributed by atoms with Crippen molar-refractivity contribution >= 4 is 16.9 Å². The summed E-state index contributed by atoms with van der Waals surface area (Å²) in [5.74, 6) is 1.32. The van der Waals surface area contributed by atoms with Gasteiger partial charge in [0.05, 0.1) is 31.3 Å². The molecular formula is C25H26O7. The Morgan fingerprint density at radius 2 is 1.91 bits per heavy atom. The molecule has 0 saturated heterocycles. The summed E-state index contributed by atoms with van der Waals surface area (Å²) >= 11 is 0. The quantitative estimate of drug-likeness (QED) is 0.524. The van der Waals surface area contributed by atoms with Crippen molar-refractivity contribution in [2.75, 3.05) is 20.3 Å². The molecule has 0 N–H and O–H groups in total. The van der Waals surface area contributed by atoms with Gasteiger partial charge in [-0.1, -0.05) is 19.4 Å². The number of rotatable bonds is 6. The molecule has 3 aromatic rings. The highest BCUT2D eigenvalue weighted by Gasteiger charge is 2.20. The van der Waals surface area contributed by atoms with E-state index >= 15 is 0 Å². The van der Waals surface area contributed by atoms with E-state index in [0.29, 0.717) is 59.0 Å². The van der Waals surface area contributed by atoms with E-state index in [9.17, 15) is 9.59 Å². The smallest absolute Gasteiger partial charge is 0.346 e. The molecule has 168 valence electrons. The maximum atomic E-state index is 13.4. The van der Waals surface area contributed by atoms with Crippen LogP contribution in [0.15, 0.2) is 45.8 Å². The Labute approximate surface area is 185 Å². The lowest BCUT2D eigenvalue weighted by atomic mass is 10.0. The first-order chi connectivity index (χ1) is 15.5. The number of methoxy groups -OCH3 is 1. The van der Waals surface area contributed by atoms with Crippen LogP contribution in [0.4, 0.5) is 0 Å². The maximum absolute atomic E-state index is 13.4. The van der Waals surface area contributed by atoms with Gasteiger partial charge in [-0.15, -0.1) is 0 Å². The molecule has 1 aliphatic heterocycles. The van der Waals surface area contributed by atoms with Gasteiger partial charge in [-0.3, -0.25) is 4.79 Å². The summed E-state index contributed by atoms with van der Waals surface area (Å²) in [6.07, 6.45) is 3.01. The molecule has 4 rings (SSSR count). The van der Waals surface area contributed by atoms with Crippen LogP contribution in [0.5, 0.6) is 17.2 Å². The van der Waals surface area contributed by atoms with E-state index in [1.54, 1.807) is 25.1 Å². The topological polar surface area (TPSA) is 84.2 Å². The van der Waals surface area contributed by atoms with Crippen LogP contribution in [-0.2, 0) is 16.0 Å². The van der Waals surface area contributed by atoms with E-state index < -0.39 is 12.1 Å². The third-order valence-corrected chi connectivity index (χ3v) is 5.37. The van der Waals surface area contributed by atoms with Crippen LogP contribution in [0.25, 0.3) is 22.1 Å². The second kappa shape index (κ2) is 9.34. The highest BCUT2D eigenvalue weighted by Crippen LogP contribution is 2.34. The molecular weight excluding hydrogens is 412 g/mol. The molecule has 0 amide bonds. The summed E-state index contributed by atoms with van der Waals surface area (Å²) in [5.41, 5.74) is 2.21. The van der Waals surface area contributed by atoms with Gasteiger partial charge in [-0.25, -0.2) is 4.79 Å². The van der Waals surface area contributed by atoms with Crippen LogP contribution in [0.3, 0.4) is 0 Å². The normalized spacial score (nSPS) is 14.0. The maximum Gasteiger partial charge on any atom is 0.346 e. The summed E-state index contributed by atoms with van der Waals surface area (Å²) in [4.78, 5) is 25.2. The first-order valence-corrected chi connectivity index (χ1v) is 10.7. The lowest BCUT2D eigenvalue weighted by molar-refractivity contribution is -0.147. The summed E-state index contributed by atoms with van der Waals surface area (Å²) < 4.78 is 27.8. The predicted octanol–water partition coefficient (Wildman–Crippen LogP) is 4.51. The van der Waals surface area contributed by atoms with Crippen molar-refractivity contribution in [3.05, 3.63) is 52.4 Å². The van der Waals surface area contributed by atoms with Crippen molar-refractivity contribution < 1.29 is 28.2 Å². The average Bonchev–Trinajstić information content (AvgIpc) is 3.04. The van der Waals surface area contributed by atoms with E-state index in [4.69, 9.17) is 23.4 Å². The standard InChI is InChI=1S/C25H26O7/c1-4-6-17-11-18-22(13-21(17)32-15(2)25(27)28-3)31-14-19(24(18)26)16-7-8-20-23(12-16)30-10-5-9-29-20/h7-8,11-15H,4-6,9-10H2,1-3H3. The number of hydrogen-bond acceptors (Lipinski definition) is 7. The number of benzene rings is 2. The van der Waals surface area contributed by atoms with Crippen LogP contribution in [0, 0.1) is 0 Å². The molecule has 2 heterocycles. The molecule has 0 radical (unpaired) electrons. The Morgan fingerprint density at radius 1 is 1.12 bits per heavy atom. The van der Waals surface area contributed by atoms with E-state index in [-0.39, 0.29) is 5.43 Å². The SMILES string of the molecule is CCCc1cc2c(=O)c(-c3ccc4c(c3)OCCCO4)coc2cc1OC(C)C(=O)OC. The van der Waals surface area contributed by atoms with Crippen molar-refractivity contribution in [2.24, 2.45) is 0 Å². The zero-order valence-corrected chi connectivity index (χ0v) is 18.4. The van der Waals surface area contributed by atoms with E-state index in [2.05, 4.69) is 0 Å². The van der Waals surface area contributed by atoms with Crippen molar-refractivity contribution in [1.82, 2.24) is 0 Å². The Bertz CT molecular complexity index is 1190. The second-order valence-electron chi connectivity index (χ2n) is 7.68. The van der Waals surface area contributed by atoms with Crippen LogP contribution < -0.4 is 19.6 Å². The number of ether oxygens (including phenoxy) is 4. The van der Waals surface area contributed by atoms with Crippen molar-refractivity contribution in [3.8, 4) is 28.4 Å². The van der Waals surface area contributed by atoms with Crippen molar-refractivity contribution in [3.63, 3.8) is 0 Å². The average molecular weight is 438 g/mol. The van der Waals surface area contributed by atoms with Gasteiger partial charge in [0, 0.05) is 12.5 Å². The van der Waals surface area contributed by atoms with E-state index in [0.717, 1.165) is 18.4 Å². The highest BCUT2D eigenvalue weighted by molar-refractivity contribution is 5.84. The number of aryl methyl sites for hydroxylation is 1. The third-order valence-electron chi connectivity index (χ3n) is 5.37. The second-order valence-corrected chi connectivity index (χ2v) is 7.68. The molecule has 7 nitrogen and oxygen atoms in total. The number of esters is 1. The van der Waals surface area contributed by atoms with Gasteiger partial charge in [0.1, 0.15) is 17.6 Å². The zero-order chi connectivity index (χ0) is 22.7. The Morgan fingerprint density at radius 3 is 2.66 bits per heavy atom. The summed E-state index contributed by atoms with van der Waals surface area (Å²) in [7, 11) is 1.32. The summed E-state index contributed by atoms with van der Waals surface area (Å²) in [5, 5.41) is 0.455. The lowest BCUT2D eigenvalue weighted by Crippen LogP contribution is -2.25. The lowest BCUT2D eigenvalue weighted by Gasteiger charge is -2.16. The largest absolute Gasteiger partial charge is 0.490 e. The highest BCUT2D eigenvalue weighted by atomic mass is 16.6. The molecule has 1 atom stereocenters. The Hall–Kier alpha value is -3.48. The number of carbonyl (C=O) groups excluding carboxylic acids is 1.